The number of hydrogen-bond donors (Lipinski definition) is 4. The molecule has 0 radical (unpaired) electrons. The molecule has 12 heteroatoms. The molecule has 0 saturated carbocycles. The summed E-state index contributed by atoms with van der Waals surface area (Å²) in [4.78, 5) is 40.9. The van der Waals surface area contributed by atoms with E-state index < -0.39 is 25.0 Å². The van der Waals surface area contributed by atoms with Crippen LogP contribution in [0.15, 0.2) is 41.2 Å². The predicted octanol–water partition coefficient (Wildman–Crippen LogP) is -0.201. The van der Waals surface area contributed by atoms with E-state index in [1.165, 1.54) is 33.3 Å². The number of hydrogen-bond acceptors (Lipinski definition) is 10. The molecule has 2 aromatic carbocycles. The summed E-state index contributed by atoms with van der Waals surface area (Å²) >= 11 is 1.31. The standard InChI is InChI=1S/C25H30N2O9S/c28-9-5-26(6-10-29)22(32)15-35-17-13-19-24(34)18-3-1-2-4-21(18)37-25(19)20(14-17)36-16-23(33)27(7-11-30)8-12-31/h1-4,13-14,28-31H,5-12,15-16H2. The first-order chi connectivity index (χ1) is 17.9. The molecule has 0 aliphatic heterocycles. The summed E-state index contributed by atoms with van der Waals surface area (Å²) in [5.74, 6) is -0.558. The van der Waals surface area contributed by atoms with Crippen molar-refractivity contribution in [2.45, 2.75) is 0 Å². The Morgan fingerprint density at radius 1 is 0.757 bits per heavy atom. The van der Waals surface area contributed by atoms with Crippen LogP contribution in [0.5, 0.6) is 11.5 Å². The summed E-state index contributed by atoms with van der Waals surface area (Å²) in [6, 6.07) is 10.1. The molecular weight excluding hydrogens is 504 g/mol. The minimum absolute atomic E-state index is 0.0327. The van der Waals surface area contributed by atoms with Gasteiger partial charge in [0, 0.05) is 47.7 Å². The van der Waals surface area contributed by atoms with E-state index in [0.717, 1.165) is 4.70 Å². The van der Waals surface area contributed by atoms with E-state index in [-0.39, 0.29) is 69.5 Å². The third kappa shape index (κ3) is 7.14. The highest BCUT2D eigenvalue weighted by Gasteiger charge is 2.18. The van der Waals surface area contributed by atoms with Crippen LogP contribution in [-0.2, 0) is 9.59 Å². The molecule has 2 amide bonds. The largest absolute Gasteiger partial charge is 0.484 e. The zero-order valence-corrected chi connectivity index (χ0v) is 21.0. The van der Waals surface area contributed by atoms with Crippen LogP contribution in [0.2, 0.25) is 0 Å². The Hall–Kier alpha value is -3.29. The first-order valence-corrected chi connectivity index (χ1v) is 12.5. The van der Waals surface area contributed by atoms with E-state index in [9.17, 15) is 24.6 Å². The molecule has 0 spiro atoms. The summed E-state index contributed by atoms with van der Waals surface area (Å²) in [6.07, 6.45) is 0. The van der Waals surface area contributed by atoms with Crippen LogP contribution < -0.4 is 14.9 Å². The topological polar surface area (TPSA) is 157 Å². The van der Waals surface area contributed by atoms with E-state index in [0.29, 0.717) is 15.5 Å². The third-order valence-electron chi connectivity index (χ3n) is 5.52. The van der Waals surface area contributed by atoms with Crippen molar-refractivity contribution >= 4 is 43.3 Å². The molecule has 1 heterocycles. The van der Waals surface area contributed by atoms with Gasteiger partial charge in [-0.15, -0.1) is 11.3 Å². The molecule has 3 rings (SSSR count). The highest BCUT2D eigenvalue weighted by Crippen LogP contribution is 2.35. The molecule has 0 aliphatic rings. The molecule has 0 unspecified atom stereocenters. The van der Waals surface area contributed by atoms with Crippen molar-refractivity contribution in [2.24, 2.45) is 0 Å². The molecule has 11 nitrogen and oxygen atoms in total. The van der Waals surface area contributed by atoms with Gasteiger partial charge in [0.2, 0.25) is 0 Å². The fourth-order valence-electron chi connectivity index (χ4n) is 3.71. The third-order valence-corrected chi connectivity index (χ3v) is 6.72. The smallest absolute Gasteiger partial charge is 0.260 e. The molecule has 37 heavy (non-hydrogen) atoms. The number of carbonyl (C=O) groups is 2. The SMILES string of the molecule is O=C(COc1cc(OCC(=O)N(CCO)CCO)c2sc3ccccc3c(=O)c2c1)N(CCO)CCO. The van der Waals surface area contributed by atoms with E-state index in [1.807, 2.05) is 6.07 Å². The average Bonchev–Trinajstić information content (AvgIpc) is 2.90. The molecule has 0 fully saturated rings. The lowest BCUT2D eigenvalue weighted by Gasteiger charge is -2.21. The summed E-state index contributed by atoms with van der Waals surface area (Å²) < 4.78 is 12.7. The number of amides is 2. The maximum Gasteiger partial charge on any atom is 0.260 e. The van der Waals surface area contributed by atoms with Crippen LogP contribution in [0.1, 0.15) is 0 Å². The molecule has 0 atom stereocenters. The fraction of sp³-hybridized carbons (Fsp3) is 0.400. The van der Waals surface area contributed by atoms with Gasteiger partial charge in [0.05, 0.1) is 31.1 Å². The predicted molar refractivity (Wildman–Crippen MR) is 138 cm³/mol. The van der Waals surface area contributed by atoms with Gasteiger partial charge < -0.3 is 39.7 Å². The number of carbonyl (C=O) groups excluding carboxylic acids is 2. The van der Waals surface area contributed by atoms with Gasteiger partial charge in [0.15, 0.2) is 18.6 Å². The second-order valence-electron chi connectivity index (χ2n) is 7.96. The Morgan fingerprint density at radius 2 is 1.30 bits per heavy atom. The lowest BCUT2D eigenvalue weighted by Crippen LogP contribution is -2.39. The maximum atomic E-state index is 13.3. The zero-order valence-electron chi connectivity index (χ0n) is 20.2. The van der Waals surface area contributed by atoms with Gasteiger partial charge in [-0.25, -0.2) is 0 Å². The average molecular weight is 535 g/mol. The molecule has 1 aromatic heterocycles. The Kier molecular flexibility index (Phi) is 10.6. The van der Waals surface area contributed by atoms with Crippen molar-refractivity contribution in [3.63, 3.8) is 0 Å². The second kappa shape index (κ2) is 13.9. The van der Waals surface area contributed by atoms with Gasteiger partial charge in [-0.05, 0) is 18.2 Å². The number of aliphatic hydroxyl groups is 4. The number of fused-ring (bicyclic) bond motifs is 2. The van der Waals surface area contributed by atoms with Crippen LogP contribution in [0.3, 0.4) is 0 Å². The highest BCUT2D eigenvalue weighted by molar-refractivity contribution is 7.24. The number of benzene rings is 2. The van der Waals surface area contributed by atoms with E-state index in [4.69, 9.17) is 19.7 Å². The van der Waals surface area contributed by atoms with Crippen molar-refractivity contribution in [3.8, 4) is 11.5 Å². The summed E-state index contributed by atoms with van der Waals surface area (Å²) in [5, 5.41) is 37.5. The minimum atomic E-state index is -0.465. The fourth-order valence-corrected chi connectivity index (χ4v) is 4.83. The van der Waals surface area contributed by atoms with Gasteiger partial charge in [-0.1, -0.05) is 12.1 Å². The Labute approximate surface area is 216 Å². The van der Waals surface area contributed by atoms with Crippen molar-refractivity contribution in [1.29, 1.82) is 0 Å². The monoisotopic (exact) mass is 534 g/mol. The van der Waals surface area contributed by atoms with Crippen LogP contribution in [0, 0.1) is 0 Å². The van der Waals surface area contributed by atoms with Crippen molar-refractivity contribution in [1.82, 2.24) is 9.80 Å². The molecule has 200 valence electrons. The molecule has 3 aromatic rings. The summed E-state index contributed by atoms with van der Waals surface area (Å²) in [6.45, 7) is -1.78. The lowest BCUT2D eigenvalue weighted by molar-refractivity contribution is -0.134. The lowest BCUT2D eigenvalue weighted by atomic mass is 10.1. The number of ether oxygens (including phenoxy) is 2. The first kappa shape index (κ1) is 28.3. The number of nitrogens with zero attached hydrogens (tertiary/aromatic N) is 2. The van der Waals surface area contributed by atoms with E-state index in [1.54, 1.807) is 18.2 Å². The van der Waals surface area contributed by atoms with E-state index >= 15 is 0 Å². The van der Waals surface area contributed by atoms with Gasteiger partial charge >= 0.3 is 0 Å². The van der Waals surface area contributed by atoms with Gasteiger partial charge in [-0.2, -0.15) is 0 Å². The second-order valence-corrected chi connectivity index (χ2v) is 9.01. The normalized spacial score (nSPS) is 11.0. The van der Waals surface area contributed by atoms with Crippen LogP contribution >= 0.6 is 11.3 Å². The van der Waals surface area contributed by atoms with Crippen molar-refractivity contribution < 1.29 is 39.5 Å². The Bertz CT molecular complexity index is 1270. The molecule has 0 aliphatic carbocycles. The van der Waals surface area contributed by atoms with Crippen molar-refractivity contribution in [3.05, 3.63) is 46.6 Å². The van der Waals surface area contributed by atoms with Crippen LogP contribution in [0.4, 0.5) is 0 Å². The van der Waals surface area contributed by atoms with E-state index in [2.05, 4.69) is 0 Å². The molecule has 0 bridgehead atoms. The van der Waals surface area contributed by atoms with Crippen LogP contribution in [-0.4, -0.2) is 108 Å². The maximum absolute atomic E-state index is 13.3. The molecule has 0 saturated heterocycles. The Balaban J connectivity index is 1.95. The molecule has 4 N–H and O–H groups in total. The number of aliphatic hydroxyl groups excluding tert-OH is 4. The van der Waals surface area contributed by atoms with Gasteiger partial charge in [-0.3, -0.25) is 14.4 Å². The number of rotatable bonds is 14. The minimum Gasteiger partial charge on any atom is -0.484 e. The quantitative estimate of drug-likeness (QED) is 0.206. The Morgan fingerprint density at radius 3 is 1.86 bits per heavy atom. The molecular formula is C25H30N2O9S. The summed E-state index contributed by atoms with van der Waals surface area (Å²) in [7, 11) is 0. The summed E-state index contributed by atoms with van der Waals surface area (Å²) in [5.41, 5.74) is -0.262. The van der Waals surface area contributed by atoms with Crippen molar-refractivity contribution in [2.75, 3.05) is 65.8 Å². The first-order valence-electron chi connectivity index (χ1n) is 11.7. The van der Waals surface area contributed by atoms with Gasteiger partial charge in [0.25, 0.3) is 11.8 Å². The highest BCUT2D eigenvalue weighted by atomic mass is 32.1. The van der Waals surface area contributed by atoms with Crippen LogP contribution in [0.25, 0.3) is 20.2 Å². The van der Waals surface area contributed by atoms with Gasteiger partial charge in [0.1, 0.15) is 11.5 Å². The zero-order chi connectivity index (χ0) is 26.8.